The number of unbranched alkanes of at least 4 members (excludes halogenated alkanes) is 6. The molecule has 0 saturated carbocycles. The van der Waals surface area contributed by atoms with E-state index in [0.717, 1.165) is 12.8 Å². The van der Waals surface area contributed by atoms with Crippen molar-refractivity contribution in [3.05, 3.63) is 70.8 Å². The van der Waals surface area contributed by atoms with Crippen molar-refractivity contribution in [2.45, 2.75) is 90.3 Å². The van der Waals surface area contributed by atoms with Crippen molar-refractivity contribution < 1.29 is 4.74 Å². The first-order valence-corrected chi connectivity index (χ1v) is 15.1. The molecule has 0 heterocycles. The van der Waals surface area contributed by atoms with E-state index in [2.05, 4.69) is 108 Å². The molecule has 31 heavy (non-hydrogen) atoms. The number of aryl methyl sites for hydroxylation is 2. The van der Waals surface area contributed by atoms with E-state index in [1.165, 1.54) is 82.5 Å². The molecule has 0 amide bonds. The third kappa shape index (κ3) is 11.0. The molecule has 2 aromatic carbocycles. The van der Waals surface area contributed by atoms with E-state index in [1.54, 1.807) is 0 Å². The van der Waals surface area contributed by atoms with Crippen molar-refractivity contribution in [2.75, 3.05) is 8.86 Å². The Morgan fingerprint density at radius 3 is 1.26 bits per heavy atom. The molecule has 0 aliphatic heterocycles. The van der Waals surface area contributed by atoms with Gasteiger partial charge in [-0.1, -0.05) is 143 Å². The summed E-state index contributed by atoms with van der Waals surface area (Å²) >= 11 is 4.97. The van der Waals surface area contributed by atoms with Gasteiger partial charge >= 0.3 is 0 Å². The van der Waals surface area contributed by atoms with Gasteiger partial charge in [0.2, 0.25) is 0 Å². The van der Waals surface area contributed by atoms with Crippen LogP contribution in [-0.2, 0) is 4.74 Å². The van der Waals surface area contributed by atoms with E-state index < -0.39 is 0 Å². The van der Waals surface area contributed by atoms with Crippen molar-refractivity contribution >= 4 is 45.2 Å². The lowest BCUT2D eigenvalue weighted by Gasteiger charge is -2.26. The van der Waals surface area contributed by atoms with Crippen LogP contribution in [0.25, 0.3) is 0 Å². The molecule has 3 heteroatoms. The molecule has 2 atom stereocenters. The first kappa shape index (κ1) is 27.1. The number of ether oxygens (including phenoxy) is 1. The van der Waals surface area contributed by atoms with Crippen LogP contribution in [0.3, 0.4) is 0 Å². The summed E-state index contributed by atoms with van der Waals surface area (Å²) in [5.74, 6) is 0. The third-order valence-electron chi connectivity index (χ3n) is 5.93. The summed E-state index contributed by atoms with van der Waals surface area (Å²) in [6, 6.07) is 18.0. The zero-order valence-electron chi connectivity index (χ0n) is 19.4. The zero-order valence-corrected chi connectivity index (χ0v) is 23.7. The lowest BCUT2D eigenvalue weighted by Crippen LogP contribution is -2.11. The molecule has 2 aromatic rings. The minimum Gasteiger partial charge on any atom is -0.366 e. The number of hydrogen-bond acceptors (Lipinski definition) is 1. The molecule has 0 N–H and O–H groups in total. The van der Waals surface area contributed by atoms with Crippen molar-refractivity contribution in [3.63, 3.8) is 0 Å². The quantitative estimate of drug-likeness (QED) is 0.100. The smallest absolute Gasteiger partial charge is 0.0833 e. The fraction of sp³-hybridized carbons (Fsp3) is 0.571. The molecule has 2 rings (SSSR count). The predicted molar refractivity (Wildman–Crippen MR) is 153 cm³/mol. The lowest BCUT2D eigenvalue weighted by molar-refractivity contribution is -0.0264. The van der Waals surface area contributed by atoms with Crippen LogP contribution >= 0.6 is 45.2 Å². The van der Waals surface area contributed by atoms with Crippen LogP contribution in [0.15, 0.2) is 48.5 Å². The Bertz CT molecular complexity index is 634. The molecule has 0 aromatic heterocycles. The summed E-state index contributed by atoms with van der Waals surface area (Å²) in [7, 11) is 0. The van der Waals surface area contributed by atoms with Gasteiger partial charge in [0, 0.05) is 0 Å². The van der Waals surface area contributed by atoms with Gasteiger partial charge in [0.1, 0.15) is 0 Å². The highest BCUT2D eigenvalue weighted by molar-refractivity contribution is 14.1. The topological polar surface area (TPSA) is 9.23 Å². The Hall–Kier alpha value is -0.140. The third-order valence-corrected chi connectivity index (χ3v) is 7.45. The Morgan fingerprint density at radius 1 is 0.548 bits per heavy atom. The Labute approximate surface area is 218 Å². The molecule has 0 aliphatic carbocycles. The Balaban J connectivity index is 2.10. The molecule has 0 radical (unpaired) electrons. The second-order valence-electron chi connectivity index (χ2n) is 8.72. The van der Waals surface area contributed by atoms with Crippen LogP contribution in [0.4, 0.5) is 0 Å². The number of benzene rings is 2. The Morgan fingerprint density at radius 2 is 0.903 bits per heavy atom. The minimum atomic E-state index is 0.181. The fourth-order valence-corrected chi connectivity index (χ4v) is 5.02. The maximum Gasteiger partial charge on any atom is 0.0833 e. The molecule has 0 bridgehead atoms. The molecule has 172 valence electrons. The normalized spacial score (nSPS) is 13.3. The van der Waals surface area contributed by atoms with E-state index in [1.807, 2.05) is 0 Å². The summed E-state index contributed by atoms with van der Waals surface area (Å²) in [6.07, 6.45) is 13.0. The van der Waals surface area contributed by atoms with E-state index in [0.29, 0.717) is 0 Å². The van der Waals surface area contributed by atoms with E-state index in [4.69, 9.17) is 4.74 Å². The number of rotatable bonds is 16. The van der Waals surface area contributed by atoms with Crippen molar-refractivity contribution in [1.29, 1.82) is 0 Å². The largest absolute Gasteiger partial charge is 0.366 e. The summed E-state index contributed by atoms with van der Waals surface area (Å²) in [6.45, 7) is 4.32. The van der Waals surface area contributed by atoms with Gasteiger partial charge in [-0.2, -0.15) is 0 Å². The van der Waals surface area contributed by atoms with Gasteiger partial charge in [0.05, 0.1) is 12.2 Å². The van der Waals surface area contributed by atoms with Crippen molar-refractivity contribution in [3.8, 4) is 0 Å². The predicted octanol–water partition coefficient (Wildman–Crippen LogP) is 9.87. The second kappa shape index (κ2) is 16.5. The molecule has 1 nitrogen and oxygen atoms in total. The zero-order chi connectivity index (χ0) is 22.3. The Kier molecular flexibility index (Phi) is 14.4. The maximum absolute atomic E-state index is 6.91. The summed E-state index contributed by atoms with van der Waals surface area (Å²) < 4.78 is 9.45. The van der Waals surface area contributed by atoms with Gasteiger partial charge in [0.25, 0.3) is 0 Å². The highest BCUT2D eigenvalue weighted by Gasteiger charge is 2.20. The van der Waals surface area contributed by atoms with Crippen LogP contribution in [0.1, 0.15) is 98.7 Å². The first-order chi connectivity index (χ1) is 15.1. The highest BCUT2D eigenvalue weighted by atomic mass is 127. The van der Waals surface area contributed by atoms with Gasteiger partial charge in [-0.25, -0.2) is 0 Å². The number of halogens is 2. The number of hydrogen-bond donors (Lipinski definition) is 0. The summed E-state index contributed by atoms with van der Waals surface area (Å²) in [5.41, 5.74) is 5.30. The number of alkyl halides is 2. The van der Waals surface area contributed by atoms with Crippen LogP contribution in [0, 0.1) is 13.8 Å². The molecule has 0 aliphatic rings. The monoisotopic (exact) mass is 646 g/mol. The standard InChI is InChI=1S/C28H40I2O/c1-23-13-17-25(18-14-23)27(11-7-3-5-9-21-29)31-28(12-8-4-6-10-22-30)26-19-15-24(2)16-20-26/h13-20,27-28H,3-12,21-22H2,1-2H3. The van der Waals surface area contributed by atoms with Gasteiger partial charge < -0.3 is 4.74 Å². The van der Waals surface area contributed by atoms with Crippen LogP contribution in [0.2, 0.25) is 0 Å². The SMILES string of the molecule is Cc1ccc(C(CCCCCCI)OC(CCCCCCI)c2ccc(C)cc2)cc1. The molecular formula is C28H40I2O. The molecule has 0 spiro atoms. The molecule has 0 fully saturated rings. The van der Waals surface area contributed by atoms with Gasteiger partial charge in [0.15, 0.2) is 0 Å². The van der Waals surface area contributed by atoms with Gasteiger partial charge in [-0.15, -0.1) is 0 Å². The average Bonchev–Trinajstić information content (AvgIpc) is 2.78. The van der Waals surface area contributed by atoms with Gasteiger partial charge in [-0.05, 0) is 59.5 Å². The van der Waals surface area contributed by atoms with E-state index in [-0.39, 0.29) is 12.2 Å². The van der Waals surface area contributed by atoms with Crippen LogP contribution < -0.4 is 0 Å². The second-order valence-corrected chi connectivity index (χ2v) is 10.9. The molecular weight excluding hydrogens is 606 g/mol. The van der Waals surface area contributed by atoms with E-state index in [9.17, 15) is 0 Å². The summed E-state index contributed by atoms with van der Waals surface area (Å²) in [4.78, 5) is 0. The maximum atomic E-state index is 6.91. The molecule has 0 saturated heterocycles. The van der Waals surface area contributed by atoms with Crippen molar-refractivity contribution in [2.24, 2.45) is 0 Å². The minimum absolute atomic E-state index is 0.181. The van der Waals surface area contributed by atoms with Crippen LogP contribution in [0.5, 0.6) is 0 Å². The summed E-state index contributed by atoms with van der Waals surface area (Å²) in [5, 5.41) is 0. The average molecular weight is 646 g/mol. The highest BCUT2D eigenvalue weighted by Crippen LogP contribution is 2.34. The van der Waals surface area contributed by atoms with Crippen LogP contribution in [-0.4, -0.2) is 8.86 Å². The van der Waals surface area contributed by atoms with Crippen molar-refractivity contribution in [1.82, 2.24) is 0 Å². The first-order valence-electron chi connectivity index (χ1n) is 12.0. The molecule has 2 unspecified atom stereocenters. The van der Waals surface area contributed by atoms with Gasteiger partial charge in [-0.3, -0.25) is 0 Å². The van der Waals surface area contributed by atoms with E-state index >= 15 is 0 Å². The fourth-order valence-electron chi connectivity index (χ4n) is 3.94. The lowest BCUT2D eigenvalue weighted by atomic mass is 9.98.